The molecule has 8 nitrogen and oxygen atoms in total. The van der Waals surface area contributed by atoms with Crippen molar-refractivity contribution in [3.05, 3.63) is 65.2 Å². The number of cyclic esters (lactones) is 1. The van der Waals surface area contributed by atoms with Crippen LogP contribution in [0.15, 0.2) is 53.4 Å². The van der Waals surface area contributed by atoms with Crippen LogP contribution >= 0.6 is 12.2 Å². The predicted octanol–water partition coefficient (Wildman–Crippen LogP) is 3.26. The van der Waals surface area contributed by atoms with E-state index >= 15 is 0 Å². The van der Waals surface area contributed by atoms with E-state index < -0.39 is 34.1 Å². The monoisotopic (exact) mass is 501 g/mol. The van der Waals surface area contributed by atoms with Crippen molar-refractivity contribution in [3.63, 3.8) is 0 Å². The van der Waals surface area contributed by atoms with Gasteiger partial charge in [-0.1, -0.05) is 62.7 Å². The molecule has 2 aromatic carbocycles. The van der Waals surface area contributed by atoms with Crippen LogP contribution in [0.25, 0.3) is 0 Å². The average Bonchev–Trinajstić information content (AvgIpc) is 3.36. The van der Waals surface area contributed by atoms with Crippen molar-refractivity contribution in [2.75, 3.05) is 13.2 Å². The highest BCUT2D eigenvalue weighted by Crippen LogP contribution is 2.37. The Labute approximate surface area is 204 Å². The molecule has 2 fully saturated rings. The fourth-order valence-corrected chi connectivity index (χ4v) is 6.14. The molecule has 180 valence electrons. The van der Waals surface area contributed by atoms with E-state index in [2.05, 4.69) is 26.1 Å². The minimum absolute atomic E-state index is 0.0623. The number of hydrogen-bond donors (Lipinski definition) is 1. The van der Waals surface area contributed by atoms with Crippen molar-refractivity contribution in [1.82, 2.24) is 14.5 Å². The molecule has 4 rings (SSSR count). The van der Waals surface area contributed by atoms with Crippen molar-refractivity contribution in [1.29, 1.82) is 0 Å². The maximum Gasteiger partial charge on any atom is 0.416 e. The van der Waals surface area contributed by atoms with Gasteiger partial charge in [-0.2, -0.15) is 0 Å². The van der Waals surface area contributed by atoms with Crippen LogP contribution in [0.1, 0.15) is 43.5 Å². The van der Waals surface area contributed by atoms with Gasteiger partial charge in [0.25, 0.3) is 15.9 Å². The van der Waals surface area contributed by atoms with Crippen LogP contribution < -0.4 is 5.32 Å². The number of ether oxygens (including phenoxy) is 1. The lowest BCUT2D eigenvalue weighted by atomic mass is 9.86. The Morgan fingerprint density at radius 3 is 2.24 bits per heavy atom. The van der Waals surface area contributed by atoms with E-state index in [1.54, 1.807) is 24.3 Å². The smallest absolute Gasteiger partial charge is 0.416 e. The van der Waals surface area contributed by atoms with Crippen molar-refractivity contribution in [3.8, 4) is 0 Å². The molecule has 2 saturated heterocycles. The third kappa shape index (κ3) is 4.27. The molecular formula is C24H27N3O5S2. The minimum Gasteiger partial charge on any atom is -0.447 e. The quantitative estimate of drug-likeness (QED) is 0.643. The standard InChI is InChI=1S/C24H27N3O5S2/c1-15-5-11-18(12-6-15)34(30,31)27-20(16-7-9-17(10-8-16)24(2,3)4)19(25-22(27)33)21(28)26-13-14-32-23(26)29/h5-12,19-20H,13-14H2,1-4H3,(H,25,33)/t19-,20-/m0/s1. The number of imide groups is 1. The molecule has 34 heavy (non-hydrogen) atoms. The summed E-state index contributed by atoms with van der Waals surface area (Å²) in [5.41, 5.74) is 2.45. The summed E-state index contributed by atoms with van der Waals surface area (Å²) in [5, 5.41) is 2.76. The van der Waals surface area contributed by atoms with E-state index in [-0.39, 0.29) is 28.6 Å². The first-order valence-electron chi connectivity index (χ1n) is 10.9. The number of hydrogen-bond acceptors (Lipinski definition) is 6. The summed E-state index contributed by atoms with van der Waals surface area (Å²) < 4.78 is 33.4. The number of thiocarbonyl (C=S) groups is 1. The van der Waals surface area contributed by atoms with Gasteiger partial charge in [-0.05, 0) is 47.8 Å². The third-order valence-electron chi connectivity index (χ3n) is 6.04. The summed E-state index contributed by atoms with van der Waals surface area (Å²) in [5.74, 6) is -0.587. The lowest BCUT2D eigenvalue weighted by Gasteiger charge is -2.28. The fraction of sp³-hybridized carbons (Fsp3) is 0.375. The molecule has 2 aliphatic rings. The minimum atomic E-state index is -4.10. The summed E-state index contributed by atoms with van der Waals surface area (Å²) in [6.45, 7) is 8.29. The highest BCUT2D eigenvalue weighted by Gasteiger charge is 2.50. The molecule has 0 spiro atoms. The number of aryl methyl sites for hydroxylation is 1. The van der Waals surface area contributed by atoms with Gasteiger partial charge >= 0.3 is 6.09 Å². The van der Waals surface area contributed by atoms with Crippen LogP contribution in [0.4, 0.5) is 4.79 Å². The summed E-state index contributed by atoms with van der Waals surface area (Å²) in [6.07, 6.45) is -0.751. The normalized spacial score (nSPS) is 20.9. The zero-order chi connectivity index (χ0) is 24.8. The van der Waals surface area contributed by atoms with E-state index in [1.165, 1.54) is 12.1 Å². The van der Waals surface area contributed by atoms with Gasteiger partial charge in [0.05, 0.1) is 11.4 Å². The summed E-state index contributed by atoms with van der Waals surface area (Å²) in [7, 11) is -4.10. The molecule has 10 heteroatoms. The van der Waals surface area contributed by atoms with Gasteiger partial charge in [0.2, 0.25) is 0 Å². The first-order chi connectivity index (χ1) is 15.9. The molecule has 0 saturated carbocycles. The van der Waals surface area contributed by atoms with Crippen LogP contribution in [-0.4, -0.2) is 53.9 Å². The van der Waals surface area contributed by atoms with Crippen molar-refractivity contribution in [2.24, 2.45) is 0 Å². The molecule has 2 atom stereocenters. The molecule has 2 heterocycles. The zero-order valence-corrected chi connectivity index (χ0v) is 21.1. The van der Waals surface area contributed by atoms with Crippen molar-refractivity contribution >= 4 is 39.4 Å². The van der Waals surface area contributed by atoms with Gasteiger partial charge in [-0.25, -0.2) is 22.4 Å². The first kappa shape index (κ1) is 24.2. The largest absolute Gasteiger partial charge is 0.447 e. The van der Waals surface area contributed by atoms with E-state index in [1.807, 2.05) is 19.1 Å². The molecule has 0 aromatic heterocycles. The highest BCUT2D eigenvalue weighted by molar-refractivity contribution is 7.91. The number of carbonyl (C=O) groups is 2. The second-order valence-electron chi connectivity index (χ2n) is 9.46. The van der Waals surface area contributed by atoms with Gasteiger partial charge in [-0.15, -0.1) is 0 Å². The van der Waals surface area contributed by atoms with E-state index in [0.717, 1.165) is 20.3 Å². The van der Waals surface area contributed by atoms with Gasteiger partial charge in [0.1, 0.15) is 18.7 Å². The third-order valence-corrected chi connectivity index (χ3v) is 8.26. The van der Waals surface area contributed by atoms with Crippen LogP contribution in [-0.2, 0) is 25.0 Å². The number of carbonyl (C=O) groups excluding carboxylic acids is 2. The van der Waals surface area contributed by atoms with Crippen molar-refractivity contribution < 1.29 is 22.7 Å². The number of nitrogens with zero attached hydrogens (tertiary/aromatic N) is 2. The SMILES string of the molecule is Cc1ccc(S(=O)(=O)N2C(=S)N[C@H](C(=O)N3CCOC3=O)[C@@H]2c2ccc(C(C)(C)C)cc2)cc1. The summed E-state index contributed by atoms with van der Waals surface area (Å²) >= 11 is 5.43. The molecule has 1 N–H and O–H groups in total. The second kappa shape index (κ2) is 8.66. The van der Waals surface area contributed by atoms with Crippen LogP contribution in [0.2, 0.25) is 0 Å². The van der Waals surface area contributed by atoms with Crippen LogP contribution in [0, 0.1) is 6.92 Å². The lowest BCUT2D eigenvalue weighted by Crippen LogP contribution is -2.47. The van der Waals surface area contributed by atoms with E-state index in [9.17, 15) is 18.0 Å². The summed E-state index contributed by atoms with van der Waals surface area (Å²) in [4.78, 5) is 26.5. The Morgan fingerprint density at radius 2 is 1.71 bits per heavy atom. The molecule has 2 aromatic rings. The average molecular weight is 502 g/mol. The second-order valence-corrected chi connectivity index (χ2v) is 11.7. The molecule has 0 bridgehead atoms. The number of rotatable bonds is 4. The van der Waals surface area contributed by atoms with Crippen molar-refractivity contribution in [2.45, 2.75) is 50.1 Å². The Bertz CT molecular complexity index is 1230. The maximum atomic E-state index is 13.7. The van der Waals surface area contributed by atoms with E-state index in [4.69, 9.17) is 17.0 Å². The Morgan fingerprint density at radius 1 is 1.09 bits per heavy atom. The van der Waals surface area contributed by atoms with Gasteiger partial charge in [0.15, 0.2) is 5.11 Å². The van der Waals surface area contributed by atoms with Crippen LogP contribution in [0.5, 0.6) is 0 Å². The van der Waals surface area contributed by atoms with Gasteiger partial charge < -0.3 is 10.1 Å². The molecule has 2 amide bonds. The molecular weight excluding hydrogens is 474 g/mol. The number of nitrogens with one attached hydrogen (secondary N) is 1. The lowest BCUT2D eigenvalue weighted by molar-refractivity contribution is -0.130. The predicted molar refractivity (Wildman–Crippen MR) is 131 cm³/mol. The Kier molecular flexibility index (Phi) is 6.15. The summed E-state index contributed by atoms with van der Waals surface area (Å²) in [6, 6.07) is 11.8. The maximum absolute atomic E-state index is 13.7. The van der Waals surface area contributed by atoms with Gasteiger partial charge in [0, 0.05) is 0 Å². The van der Waals surface area contributed by atoms with E-state index in [0.29, 0.717) is 5.56 Å². The van der Waals surface area contributed by atoms with Gasteiger partial charge in [-0.3, -0.25) is 4.79 Å². The fourth-order valence-electron chi connectivity index (χ4n) is 4.09. The molecule has 0 radical (unpaired) electrons. The number of benzene rings is 2. The Balaban J connectivity index is 1.81. The first-order valence-corrected chi connectivity index (χ1v) is 12.8. The number of sulfonamides is 1. The highest BCUT2D eigenvalue weighted by atomic mass is 32.2. The number of amides is 2. The molecule has 0 unspecified atom stereocenters. The molecule has 0 aliphatic carbocycles. The Hall–Kier alpha value is -2.98. The zero-order valence-electron chi connectivity index (χ0n) is 19.4. The molecule has 2 aliphatic heterocycles. The topological polar surface area (TPSA) is 96.0 Å². The van der Waals surface area contributed by atoms with Crippen LogP contribution in [0.3, 0.4) is 0 Å².